The summed E-state index contributed by atoms with van der Waals surface area (Å²) in [6.45, 7) is -2.13. The molecule has 2 rings (SSSR count). The van der Waals surface area contributed by atoms with Gasteiger partial charge >= 0.3 is 31.2 Å². The Bertz CT molecular complexity index is 1180. The molecule has 0 amide bonds. The fourth-order valence-electron chi connectivity index (χ4n) is 4.00. The quantitative estimate of drug-likeness (QED) is 0.0258. The van der Waals surface area contributed by atoms with E-state index in [4.69, 9.17) is 46.1 Å². The molecule has 44 heavy (non-hydrogen) atoms. The number of rotatable bonds is 19. The highest BCUT2D eigenvalue weighted by molar-refractivity contribution is 7.89. The van der Waals surface area contributed by atoms with Gasteiger partial charge in [0.25, 0.3) is 0 Å². The molecule has 2 fully saturated rings. The molecule has 0 radical (unpaired) electrons. The molecule has 28 heteroatoms. The topological polar surface area (TPSA) is 313 Å². The Morgan fingerprint density at radius 1 is 0.682 bits per heavy atom. The maximum absolute atomic E-state index is 11.8. The van der Waals surface area contributed by atoms with Gasteiger partial charge in [-0.1, -0.05) is 5.04 Å². The predicted molar refractivity (Wildman–Crippen MR) is 131 cm³/mol. The first-order chi connectivity index (χ1) is 20.5. The van der Waals surface area contributed by atoms with Gasteiger partial charge in [-0.15, -0.1) is 4.33 Å². The molecule has 0 aromatic heterocycles. The molecule has 2 saturated heterocycles. The van der Waals surface area contributed by atoms with Crippen LogP contribution >= 0.6 is 12.3 Å². The first kappa shape index (κ1) is 39.7. The number of ether oxygens (including phenoxy) is 7. The van der Waals surface area contributed by atoms with Crippen molar-refractivity contribution < 1.29 is 108 Å². The molecular formula is C16H30O24S4. The van der Waals surface area contributed by atoms with Gasteiger partial charge in [0.1, 0.15) is 31.2 Å². The highest BCUT2D eigenvalue weighted by Crippen LogP contribution is 2.36. The van der Waals surface area contributed by atoms with E-state index in [2.05, 4.69) is 22.6 Å². The van der Waals surface area contributed by atoms with Gasteiger partial charge in [0.05, 0.1) is 13.7 Å². The molecule has 0 aromatic rings. The fourth-order valence-corrected chi connectivity index (χ4v) is 5.67. The van der Waals surface area contributed by atoms with Gasteiger partial charge in [-0.25, -0.2) is 17.4 Å². The minimum atomic E-state index is -5.36. The molecule has 10 atom stereocenters. The van der Waals surface area contributed by atoms with Crippen molar-refractivity contribution in [3.63, 3.8) is 0 Å². The smallest absolute Gasteiger partial charge is 0.376 e. The van der Waals surface area contributed by atoms with E-state index in [1.165, 1.54) is 0 Å². The van der Waals surface area contributed by atoms with E-state index in [9.17, 15) is 39.5 Å². The number of aliphatic hydroxyl groups is 1. The lowest BCUT2D eigenvalue weighted by Gasteiger charge is -2.48. The summed E-state index contributed by atoms with van der Waals surface area (Å²) in [6.07, 6.45) is -18.1. The molecule has 0 bridgehead atoms. The SMILES string of the molecule is COOOSO[C@@H]1C(OCO)O[C@@H](O[C@H]2C(OC)C(OS(=O)(=O)O)[C@@H](OC)O[C@H]2COS(=O)(=O)O)C(OS(=O)(=O)O)[C@H]1OC. The standard InChI is InChI=1S/C16H30O24S4/c1-27-9-8(7(5-32-42(18,19)20)33-14(29-3)12(9)37-43(21,22)23)34-16-13(38-44(24,25)26)10(28-2)11(15(35-16)31-6-17)36-41-40-39-30-4/h7-17H,5-6H2,1-4H3,(H,18,19,20)(H,21,22,23)(H,24,25,26)/t7-,8+,9?,10-,11-,12?,13?,14-,15?,16+/m0/s1. The molecule has 24 nitrogen and oxygen atoms in total. The van der Waals surface area contributed by atoms with Crippen molar-refractivity contribution in [1.82, 2.24) is 0 Å². The molecule has 4 unspecified atom stereocenters. The predicted octanol–water partition coefficient (Wildman–Crippen LogP) is -2.92. The fraction of sp³-hybridized carbons (Fsp3) is 1.00. The first-order valence-electron chi connectivity index (χ1n) is 11.4. The van der Waals surface area contributed by atoms with Gasteiger partial charge < -0.3 is 38.3 Å². The number of hydrogen-bond acceptors (Lipinski definition) is 22. The zero-order chi connectivity index (χ0) is 33.3. The Kier molecular flexibility index (Phi) is 15.8. The van der Waals surface area contributed by atoms with Gasteiger partial charge in [-0.3, -0.25) is 17.8 Å². The van der Waals surface area contributed by atoms with Gasteiger partial charge in [0.15, 0.2) is 49.5 Å². The van der Waals surface area contributed by atoms with Crippen LogP contribution in [-0.4, -0.2) is 147 Å². The van der Waals surface area contributed by atoms with Crippen molar-refractivity contribution in [2.24, 2.45) is 0 Å². The Morgan fingerprint density at radius 3 is 1.73 bits per heavy atom. The van der Waals surface area contributed by atoms with Crippen LogP contribution in [0.4, 0.5) is 0 Å². The third kappa shape index (κ3) is 12.3. The highest BCUT2D eigenvalue weighted by Gasteiger charge is 2.56. The Hall–Kier alpha value is -0.520. The lowest BCUT2D eigenvalue weighted by molar-refractivity contribution is -0.450. The maximum atomic E-state index is 11.8. The van der Waals surface area contributed by atoms with Crippen LogP contribution in [-0.2, 0) is 95.3 Å². The van der Waals surface area contributed by atoms with Crippen molar-refractivity contribution in [3.8, 4) is 0 Å². The second kappa shape index (κ2) is 17.6. The Balaban J connectivity index is 2.57. The minimum Gasteiger partial charge on any atom is -0.376 e. The molecule has 0 spiro atoms. The van der Waals surface area contributed by atoms with Crippen LogP contribution < -0.4 is 0 Å². The zero-order valence-electron chi connectivity index (χ0n) is 22.8. The van der Waals surface area contributed by atoms with E-state index < -0.39 is 106 Å². The number of aliphatic hydroxyl groups excluding tert-OH is 1. The average Bonchev–Trinajstić information content (AvgIpc) is 2.90. The maximum Gasteiger partial charge on any atom is 0.397 e. The third-order valence-electron chi connectivity index (χ3n) is 5.47. The molecule has 0 aliphatic carbocycles. The normalized spacial score (nSPS) is 33.8. The molecule has 262 valence electrons. The Labute approximate surface area is 254 Å². The van der Waals surface area contributed by atoms with E-state index >= 15 is 0 Å². The van der Waals surface area contributed by atoms with Gasteiger partial charge in [0.2, 0.25) is 0 Å². The van der Waals surface area contributed by atoms with Crippen LogP contribution in [0.25, 0.3) is 0 Å². The van der Waals surface area contributed by atoms with E-state index in [-0.39, 0.29) is 12.3 Å². The van der Waals surface area contributed by atoms with E-state index in [1.54, 1.807) is 0 Å². The van der Waals surface area contributed by atoms with Crippen molar-refractivity contribution >= 4 is 43.5 Å². The van der Waals surface area contributed by atoms with Crippen molar-refractivity contribution in [2.75, 3.05) is 41.8 Å². The second-order valence-electron chi connectivity index (χ2n) is 8.07. The number of methoxy groups -OCH3 is 3. The van der Waals surface area contributed by atoms with E-state index in [1.807, 2.05) is 0 Å². The van der Waals surface area contributed by atoms with Crippen molar-refractivity contribution in [2.45, 2.75) is 61.6 Å². The van der Waals surface area contributed by atoms with Gasteiger partial charge in [0, 0.05) is 21.3 Å². The zero-order valence-corrected chi connectivity index (χ0v) is 26.0. The summed E-state index contributed by atoms with van der Waals surface area (Å²) in [7, 11) is -11.7. The third-order valence-corrected chi connectivity index (χ3v) is 7.25. The monoisotopic (exact) mass is 734 g/mol. The lowest BCUT2D eigenvalue weighted by atomic mass is 9.98. The molecule has 2 aliphatic rings. The molecule has 2 aliphatic heterocycles. The largest absolute Gasteiger partial charge is 0.397 e. The highest BCUT2D eigenvalue weighted by atomic mass is 32.3. The van der Waals surface area contributed by atoms with Crippen LogP contribution in [0, 0.1) is 0 Å². The summed E-state index contributed by atoms with van der Waals surface area (Å²) in [5.41, 5.74) is 0. The van der Waals surface area contributed by atoms with Crippen LogP contribution in [0.2, 0.25) is 0 Å². The average molecular weight is 735 g/mol. The van der Waals surface area contributed by atoms with Crippen LogP contribution in [0.3, 0.4) is 0 Å². The summed E-state index contributed by atoms with van der Waals surface area (Å²) in [5.74, 6) is 0. The van der Waals surface area contributed by atoms with E-state index in [0.29, 0.717) is 0 Å². The molecular weight excluding hydrogens is 704 g/mol. The lowest BCUT2D eigenvalue weighted by Crippen LogP contribution is -2.66. The van der Waals surface area contributed by atoms with Gasteiger partial charge in [-0.05, 0) is 0 Å². The van der Waals surface area contributed by atoms with Gasteiger partial charge in [-0.2, -0.15) is 25.3 Å². The molecule has 0 aromatic carbocycles. The minimum absolute atomic E-state index is 0.0863. The second-order valence-corrected chi connectivity index (χ2v) is 11.7. The number of hydrogen-bond donors (Lipinski definition) is 4. The molecule has 0 saturated carbocycles. The van der Waals surface area contributed by atoms with Crippen LogP contribution in [0.5, 0.6) is 0 Å². The summed E-state index contributed by atoms with van der Waals surface area (Å²) in [6, 6.07) is 0. The first-order valence-corrected chi connectivity index (χ1v) is 16.1. The summed E-state index contributed by atoms with van der Waals surface area (Å²) >= 11 is 0.0863. The van der Waals surface area contributed by atoms with Crippen LogP contribution in [0.15, 0.2) is 0 Å². The molecule has 2 heterocycles. The Morgan fingerprint density at radius 2 is 1.25 bits per heavy atom. The molecule has 4 N–H and O–H groups in total. The van der Waals surface area contributed by atoms with Crippen molar-refractivity contribution in [3.05, 3.63) is 0 Å². The van der Waals surface area contributed by atoms with Crippen molar-refractivity contribution in [1.29, 1.82) is 0 Å². The summed E-state index contributed by atoms with van der Waals surface area (Å²) < 4.78 is 158. The van der Waals surface area contributed by atoms with E-state index in [0.717, 1.165) is 28.4 Å². The summed E-state index contributed by atoms with van der Waals surface area (Å²) in [5, 5.41) is 13.5. The summed E-state index contributed by atoms with van der Waals surface area (Å²) in [4.78, 5) is 4.20. The van der Waals surface area contributed by atoms with Crippen LogP contribution in [0.1, 0.15) is 0 Å².